The van der Waals surface area contributed by atoms with Gasteiger partial charge in [0.25, 0.3) is 0 Å². The van der Waals surface area contributed by atoms with Crippen LogP contribution < -0.4 is 10.1 Å². The lowest BCUT2D eigenvalue weighted by Crippen LogP contribution is -2.49. The van der Waals surface area contributed by atoms with Gasteiger partial charge < -0.3 is 14.8 Å². The van der Waals surface area contributed by atoms with E-state index in [-0.39, 0.29) is 6.61 Å². The van der Waals surface area contributed by atoms with Crippen LogP contribution in [0.25, 0.3) is 0 Å². The summed E-state index contributed by atoms with van der Waals surface area (Å²) in [6, 6.07) is 5.37. The molecule has 1 amide bonds. The number of benzene rings is 1. The van der Waals surface area contributed by atoms with Crippen LogP contribution >= 0.6 is 27.5 Å². The van der Waals surface area contributed by atoms with Crippen LogP contribution in [0.1, 0.15) is 34.6 Å². The van der Waals surface area contributed by atoms with Crippen molar-refractivity contribution in [3.05, 3.63) is 27.7 Å². The molecule has 0 aromatic heterocycles. The quantitative estimate of drug-likeness (QED) is 0.820. The first-order chi connectivity index (χ1) is 9.48. The summed E-state index contributed by atoms with van der Waals surface area (Å²) in [5, 5.41) is 3.29. The Labute approximate surface area is 139 Å². The van der Waals surface area contributed by atoms with Gasteiger partial charge in [-0.3, -0.25) is 0 Å². The zero-order valence-corrected chi connectivity index (χ0v) is 15.3. The summed E-state index contributed by atoms with van der Waals surface area (Å²) in [6.45, 7) is 9.42. The highest BCUT2D eigenvalue weighted by molar-refractivity contribution is 9.10. The smallest absolute Gasteiger partial charge is 0.408 e. The third-order valence-corrected chi connectivity index (χ3v) is 3.11. The van der Waals surface area contributed by atoms with E-state index in [0.717, 1.165) is 4.47 Å². The molecule has 1 N–H and O–H groups in total. The second-order valence-corrected chi connectivity index (χ2v) is 7.70. The predicted octanol–water partition coefficient (Wildman–Crippen LogP) is 4.78. The summed E-state index contributed by atoms with van der Waals surface area (Å²) in [5.74, 6) is 0.568. The first-order valence-corrected chi connectivity index (χ1v) is 7.75. The molecule has 0 aliphatic carbocycles. The van der Waals surface area contributed by atoms with Gasteiger partial charge in [0.1, 0.15) is 18.0 Å². The van der Waals surface area contributed by atoms with Gasteiger partial charge in [0, 0.05) is 4.47 Å². The van der Waals surface area contributed by atoms with E-state index < -0.39 is 17.2 Å². The Morgan fingerprint density at radius 2 is 1.90 bits per heavy atom. The van der Waals surface area contributed by atoms with Crippen LogP contribution in [0, 0.1) is 0 Å². The zero-order chi connectivity index (χ0) is 16.3. The topological polar surface area (TPSA) is 47.6 Å². The van der Waals surface area contributed by atoms with Crippen molar-refractivity contribution in [2.24, 2.45) is 0 Å². The van der Waals surface area contributed by atoms with Crippen LogP contribution in [0.5, 0.6) is 5.75 Å². The first kappa shape index (κ1) is 18.1. The van der Waals surface area contributed by atoms with E-state index in [4.69, 9.17) is 21.1 Å². The molecule has 0 radical (unpaired) electrons. The molecule has 0 bridgehead atoms. The molecule has 21 heavy (non-hydrogen) atoms. The lowest BCUT2D eigenvalue weighted by molar-refractivity contribution is 0.0441. The van der Waals surface area contributed by atoms with Crippen molar-refractivity contribution in [2.75, 3.05) is 6.61 Å². The fraction of sp³-hybridized carbons (Fsp3) is 0.533. The number of rotatable bonds is 4. The monoisotopic (exact) mass is 377 g/mol. The van der Waals surface area contributed by atoms with Crippen LogP contribution in [0.4, 0.5) is 4.79 Å². The van der Waals surface area contributed by atoms with E-state index in [2.05, 4.69) is 21.2 Å². The van der Waals surface area contributed by atoms with Crippen molar-refractivity contribution in [3.8, 4) is 5.75 Å². The molecule has 6 heteroatoms. The number of hydrogen-bond acceptors (Lipinski definition) is 3. The van der Waals surface area contributed by atoms with Crippen LogP contribution in [0.2, 0.25) is 5.02 Å². The fourth-order valence-electron chi connectivity index (χ4n) is 1.47. The molecule has 0 atom stereocenters. The van der Waals surface area contributed by atoms with Crippen molar-refractivity contribution >= 4 is 33.6 Å². The van der Waals surface area contributed by atoms with Gasteiger partial charge >= 0.3 is 6.09 Å². The van der Waals surface area contributed by atoms with Crippen molar-refractivity contribution in [1.29, 1.82) is 0 Å². The Morgan fingerprint density at radius 1 is 1.29 bits per heavy atom. The second kappa shape index (κ2) is 6.88. The molecule has 4 nitrogen and oxygen atoms in total. The molecule has 0 saturated heterocycles. The molecule has 1 aromatic rings. The standard InChI is InChI=1S/C15H21BrClNO3/c1-14(2,3)21-13(19)18-15(4,5)9-20-12-7-6-10(16)8-11(12)17/h6-8H,9H2,1-5H3,(H,18,19). The van der Waals surface area contributed by atoms with Crippen LogP contribution in [-0.4, -0.2) is 23.8 Å². The normalized spacial score (nSPS) is 12.0. The average molecular weight is 379 g/mol. The minimum atomic E-state index is -0.585. The summed E-state index contributed by atoms with van der Waals surface area (Å²) in [5.41, 5.74) is -1.12. The van der Waals surface area contributed by atoms with Gasteiger partial charge in [-0.25, -0.2) is 4.79 Å². The molecular weight excluding hydrogens is 358 g/mol. The number of hydrogen-bond donors (Lipinski definition) is 1. The molecule has 1 aromatic carbocycles. The Morgan fingerprint density at radius 3 is 2.43 bits per heavy atom. The number of alkyl carbamates (subject to hydrolysis) is 1. The Kier molecular flexibility index (Phi) is 5.93. The van der Waals surface area contributed by atoms with E-state index in [9.17, 15) is 4.79 Å². The Balaban J connectivity index is 2.58. The maximum atomic E-state index is 11.8. The molecule has 1 rings (SSSR count). The number of amides is 1. The van der Waals surface area contributed by atoms with Gasteiger partial charge in [0.2, 0.25) is 0 Å². The lowest BCUT2D eigenvalue weighted by atomic mass is 10.1. The molecule has 0 aliphatic heterocycles. The SMILES string of the molecule is CC(C)(COc1ccc(Br)cc1Cl)NC(=O)OC(C)(C)C. The van der Waals surface area contributed by atoms with E-state index >= 15 is 0 Å². The van der Waals surface area contributed by atoms with Gasteiger partial charge in [-0.2, -0.15) is 0 Å². The highest BCUT2D eigenvalue weighted by atomic mass is 79.9. The highest BCUT2D eigenvalue weighted by Gasteiger charge is 2.25. The highest BCUT2D eigenvalue weighted by Crippen LogP contribution is 2.28. The zero-order valence-electron chi connectivity index (χ0n) is 12.9. The molecular formula is C15H21BrClNO3. The van der Waals surface area contributed by atoms with E-state index in [1.54, 1.807) is 12.1 Å². The van der Waals surface area contributed by atoms with E-state index in [1.807, 2.05) is 40.7 Å². The number of carbonyl (C=O) groups excluding carboxylic acids is 1. The molecule has 0 saturated carbocycles. The molecule has 0 aliphatic rings. The van der Waals surface area contributed by atoms with E-state index in [0.29, 0.717) is 10.8 Å². The maximum Gasteiger partial charge on any atom is 0.408 e. The van der Waals surface area contributed by atoms with Crippen molar-refractivity contribution in [1.82, 2.24) is 5.32 Å². The predicted molar refractivity (Wildman–Crippen MR) is 88.1 cm³/mol. The fourth-order valence-corrected chi connectivity index (χ4v) is 2.19. The summed E-state index contributed by atoms with van der Waals surface area (Å²) in [4.78, 5) is 11.8. The largest absolute Gasteiger partial charge is 0.490 e. The molecule has 0 heterocycles. The molecule has 0 fully saturated rings. The van der Waals surface area contributed by atoms with Crippen molar-refractivity contribution in [3.63, 3.8) is 0 Å². The third-order valence-electron chi connectivity index (χ3n) is 2.32. The summed E-state index contributed by atoms with van der Waals surface area (Å²) in [7, 11) is 0. The lowest BCUT2D eigenvalue weighted by Gasteiger charge is -2.28. The summed E-state index contributed by atoms with van der Waals surface area (Å²) in [6.07, 6.45) is -0.474. The van der Waals surface area contributed by atoms with Gasteiger partial charge in [0.15, 0.2) is 0 Å². The number of carbonyl (C=O) groups is 1. The van der Waals surface area contributed by atoms with Gasteiger partial charge in [-0.1, -0.05) is 27.5 Å². The minimum Gasteiger partial charge on any atom is -0.490 e. The van der Waals surface area contributed by atoms with Crippen LogP contribution in [-0.2, 0) is 4.74 Å². The maximum absolute atomic E-state index is 11.8. The van der Waals surface area contributed by atoms with Crippen molar-refractivity contribution < 1.29 is 14.3 Å². The molecule has 0 unspecified atom stereocenters. The van der Waals surface area contributed by atoms with Crippen molar-refractivity contribution in [2.45, 2.75) is 45.8 Å². The minimum absolute atomic E-state index is 0.271. The molecule has 118 valence electrons. The van der Waals surface area contributed by atoms with Gasteiger partial charge in [-0.05, 0) is 52.8 Å². The Hall–Kier alpha value is -0.940. The van der Waals surface area contributed by atoms with Gasteiger partial charge in [0.05, 0.1) is 10.6 Å². The third kappa shape index (κ3) is 7.05. The number of halogens is 2. The number of ether oxygens (including phenoxy) is 2. The summed E-state index contributed by atoms with van der Waals surface area (Å²) >= 11 is 9.42. The number of nitrogens with one attached hydrogen (secondary N) is 1. The first-order valence-electron chi connectivity index (χ1n) is 6.57. The Bertz CT molecular complexity index is 512. The second-order valence-electron chi connectivity index (χ2n) is 6.37. The average Bonchev–Trinajstić information content (AvgIpc) is 2.23. The van der Waals surface area contributed by atoms with Crippen LogP contribution in [0.3, 0.4) is 0 Å². The van der Waals surface area contributed by atoms with E-state index in [1.165, 1.54) is 0 Å². The van der Waals surface area contributed by atoms with Crippen LogP contribution in [0.15, 0.2) is 22.7 Å². The summed E-state index contributed by atoms with van der Waals surface area (Å²) < 4.78 is 11.8. The molecule has 0 spiro atoms. The van der Waals surface area contributed by atoms with Gasteiger partial charge in [-0.15, -0.1) is 0 Å².